The highest BCUT2D eigenvalue weighted by atomic mass is 35.5. The Morgan fingerprint density at radius 2 is 2.07 bits per heavy atom. The minimum Gasteiger partial charge on any atom is -0.291 e. The number of nitrogens with zero attached hydrogens (tertiary/aromatic N) is 3. The highest BCUT2D eigenvalue weighted by Crippen LogP contribution is 2.37. The zero-order valence-corrected chi connectivity index (χ0v) is 16.9. The zero-order chi connectivity index (χ0) is 19.8. The maximum atomic E-state index is 13.0. The van der Waals surface area contributed by atoms with E-state index in [1.807, 2.05) is 49.6 Å². The molecule has 8 heteroatoms. The first-order valence-electron chi connectivity index (χ1n) is 8.82. The van der Waals surface area contributed by atoms with Gasteiger partial charge in [-0.3, -0.25) is 14.6 Å². The molecule has 3 aromatic rings. The Hall–Kier alpha value is -2.64. The number of aromatic amines is 1. The van der Waals surface area contributed by atoms with Crippen LogP contribution in [0.15, 0.2) is 58.5 Å². The van der Waals surface area contributed by atoms with Crippen molar-refractivity contribution in [2.45, 2.75) is 24.7 Å². The lowest BCUT2D eigenvalue weighted by Gasteiger charge is -2.32. The van der Waals surface area contributed by atoms with Gasteiger partial charge in [0.25, 0.3) is 6.17 Å². The third kappa shape index (κ3) is 3.00. The molecule has 2 heterocycles. The second-order valence-electron chi connectivity index (χ2n) is 6.32. The van der Waals surface area contributed by atoms with E-state index in [-0.39, 0.29) is 11.5 Å². The number of fused-ring (bicyclic) bond motifs is 3. The van der Waals surface area contributed by atoms with Crippen molar-refractivity contribution in [1.29, 1.82) is 0 Å². The van der Waals surface area contributed by atoms with Gasteiger partial charge in [-0.05, 0) is 35.2 Å². The lowest BCUT2D eigenvalue weighted by Crippen LogP contribution is -2.60. The summed E-state index contributed by atoms with van der Waals surface area (Å²) in [7, 11) is 0. The lowest BCUT2D eigenvalue weighted by molar-refractivity contribution is -0.763. The van der Waals surface area contributed by atoms with Crippen molar-refractivity contribution in [2.24, 2.45) is 0 Å². The molecule has 1 amide bonds. The van der Waals surface area contributed by atoms with Crippen LogP contribution in [-0.2, 0) is 4.79 Å². The van der Waals surface area contributed by atoms with Crippen LogP contribution in [0.5, 0.6) is 0 Å². The molecule has 0 bridgehead atoms. The van der Waals surface area contributed by atoms with Gasteiger partial charge in [0, 0.05) is 22.1 Å². The number of anilines is 1. The maximum absolute atomic E-state index is 13.0. The van der Waals surface area contributed by atoms with E-state index in [0.717, 1.165) is 5.56 Å². The number of carbonyl (C=O) groups is 1. The molecule has 1 aliphatic heterocycles. The first-order valence-corrected chi connectivity index (χ1v) is 10.4. The number of carbonyl (C=O) groups excluding carboxylic acids is 1. The number of hydrogen-bond acceptors (Lipinski definition) is 4. The molecular formula is C20H18ClN4O2S+. The first-order chi connectivity index (χ1) is 13.5. The molecule has 0 saturated heterocycles. The molecule has 1 N–H and O–H groups in total. The van der Waals surface area contributed by atoms with Crippen molar-refractivity contribution >= 4 is 35.0 Å². The van der Waals surface area contributed by atoms with Crippen molar-refractivity contribution in [3.05, 3.63) is 69.5 Å². The van der Waals surface area contributed by atoms with E-state index in [0.29, 0.717) is 33.5 Å². The number of thioether (sulfide) groups is 1. The first kappa shape index (κ1) is 18.7. The third-order valence-corrected chi connectivity index (χ3v) is 5.47. The lowest BCUT2D eigenvalue weighted by atomic mass is 10.0. The molecule has 0 fully saturated rings. The molecule has 142 valence electrons. The second-order valence-corrected chi connectivity index (χ2v) is 7.55. The summed E-state index contributed by atoms with van der Waals surface area (Å²) in [5.41, 5.74) is 2.30. The standard InChI is InChI=1S/C20H17ClN4O2S/c1-3-16(26)24-15-10-5-4-9-14(15)17-18(27)22-20(28-2)23-25(17)19(24)12-7-6-8-13(21)11-12/h4-11,19H,3H2,1-2H3/p+1/t19-/m1/s1. The number of rotatable bonds is 3. The molecular weight excluding hydrogens is 396 g/mol. The molecule has 0 radical (unpaired) electrons. The Bertz CT molecular complexity index is 1130. The van der Waals surface area contributed by atoms with Crippen molar-refractivity contribution in [3.8, 4) is 11.3 Å². The molecule has 6 nitrogen and oxygen atoms in total. The van der Waals surface area contributed by atoms with Crippen LogP contribution in [-0.4, -0.2) is 22.2 Å². The number of aromatic nitrogens is 3. The molecule has 0 spiro atoms. The van der Waals surface area contributed by atoms with Crippen LogP contribution in [0.4, 0.5) is 5.69 Å². The summed E-state index contributed by atoms with van der Waals surface area (Å²) < 4.78 is 1.63. The third-order valence-electron chi connectivity index (χ3n) is 4.67. The van der Waals surface area contributed by atoms with Crippen LogP contribution in [0.25, 0.3) is 11.3 Å². The Kier molecular flexibility index (Phi) is 4.95. The normalized spacial score (nSPS) is 15.1. The summed E-state index contributed by atoms with van der Waals surface area (Å²) in [6.45, 7) is 1.82. The molecule has 1 aliphatic rings. The largest absolute Gasteiger partial charge is 0.325 e. The molecule has 0 saturated carbocycles. The average molecular weight is 414 g/mol. The van der Waals surface area contributed by atoms with Crippen LogP contribution < -0.4 is 15.1 Å². The van der Waals surface area contributed by atoms with Gasteiger partial charge < -0.3 is 0 Å². The quantitative estimate of drug-likeness (QED) is 0.527. The summed E-state index contributed by atoms with van der Waals surface area (Å²) in [5.74, 6) is -0.0663. The van der Waals surface area contributed by atoms with Gasteiger partial charge in [0.1, 0.15) is 0 Å². The summed E-state index contributed by atoms with van der Waals surface area (Å²) in [6, 6.07) is 14.7. The number of benzene rings is 2. The monoisotopic (exact) mass is 413 g/mol. The van der Waals surface area contributed by atoms with E-state index in [4.69, 9.17) is 11.6 Å². The predicted molar refractivity (Wildman–Crippen MR) is 110 cm³/mol. The Labute approximate surface area is 171 Å². The number of nitrogens with one attached hydrogen (secondary N) is 1. The smallest absolute Gasteiger partial charge is 0.291 e. The second kappa shape index (κ2) is 7.41. The van der Waals surface area contributed by atoms with E-state index in [1.54, 1.807) is 21.7 Å². The summed E-state index contributed by atoms with van der Waals surface area (Å²) in [6.07, 6.45) is 1.55. The molecule has 0 unspecified atom stereocenters. The van der Waals surface area contributed by atoms with Crippen LogP contribution in [0.1, 0.15) is 25.1 Å². The van der Waals surface area contributed by atoms with Crippen LogP contribution in [0.2, 0.25) is 5.02 Å². The highest BCUT2D eigenvalue weighted by Gasteiger charge is 2.45. The predicted octanol–water partition coefficient (Wildman–Crippen LogP) is 3.40. The van der Waals surface area contributed by atoms with E-state index in [1.165, 1.54) is 11.8 Å². The minimum absolute atomic E-state index is 0.0663. The number of para-hydroxylation sites is 1. The van der Waals surface area contributed by atoms with Gasteiger partial charge in [-0.1, -0.05) is 54.6 Å². The average Bonchev–Trinajstić information content (AvgIpc) is 2.71. The van der Waals surface area contributed by atoms with E-state index in [2.05, 4.69) is 10.1 Å². The zero-order valence-electron chi connectivity index (χ0n) is 15.3. The fraction of sp³-hybridized carbons (Fsp3) is 0.200. The summed E-state index contributed by atoms with van der Waals surface area (Å²) >= 11 is 7.57. The van der Waals surface area contributed by atoms with Crippen molar-refractivity contribution in [3.63, 3.8) is 0 Å². The Morgan fingerprint density at radius 1 is 1.29 bits per heavy atom. The van der Waals surface area contributed by atoms with Gasteiger partial charge in [-0.2, -0.15) is 0 Å². The molecule has 1 aromatic heterocycles. The molecule has 0 aliphatic carbocycles. The van der Waals surface area contributed by atoms with E-state index in [9.17, 15) is 9.59 Å². The highest BCUT2D eigenvalue weighted by molar-refractivity contribution is 7.98. The number of halogens is 1. The van der Waals surface area contributed by atoms with Gasteiger partial charge in [-0.25, -0.2) is 4.90 Å². The molecule has 28 heavy (non-hydrogen) atoms. The van der Waals surface area contributed by atoms with Gasteiger partial charge in [0.15, 0.2) is 0 Å². The number of amides is 1. The van der Waals surface area contributed by atoms with Crippen molar-refractivity contribution in [2.75, 3.05) is 11.2 Å². The van der Waals surface area contributed by atoms with Crippen LogP contribution in [0, 0.1) is 0 Å². The number of hydrogen-bond donors (Lipinski definition) is 1. The van der Waals surface area contributed by atoms with Crippen LogP contribution >= 0.6 is 23.4 Å². The fourth-order valence-electron chi connectivity index (χ4n) is 3.47. The fourth-order valence-corrected chi connectivity index (χ4v) is 4.03. The van der Waals surface area contributed by atoms with Gasteiger partial charge in [-0.15, -0.1) is 0 Å². The Morgan fingerprint density at radius 3 is 2.79 bits per heavy atom. The summed E-state index contributed by atoms with van der Waals surface area (Å²) in [5, 5.41) is 5.66. The molecule has 4 rings (SSSR count). The Balaban J connectivity index is 2.10. The SMILES string of the molecule is CCC(=O)N1c2ccccc2-c2c(=O)[nH]c(SC)n[n+]2[C@@H]1c1cccc(Cl)c1. The summed E-state index contributed by atoms with van der Waals surface area (Å²) in [4.78, 5) is 30.5. The number of H-pyrrole nitrogens is 1. The van der Waals surface area contributed by atoms with Gasteiger partial charge in [0.2, 0.25) is 11.1 Å². The van der Waals surface area contributed by atoms with E-state index < -0.39 is 6.17 Å². The van der Waals surface area contributed by atoms with Crippen molar-refractivity contribution < 1.29 is 9.48 Å². The van der Waals surface area contributed by atoms with Gasteiger partial charge in [0.05, 0.1) is 11.3 Å². The van der Waals surface area contributed by atoms with E-state index >= 15 is 0 Å². The minimum atomic E-state index is -0.607. The topological polar surface area (TPSA) is 69.9 Å². The molecule has 1 atom stereocenters. The molecule has 2 aromatic carbocycles. The maximum Gasteiger partial charge on any atom is 0.325 e. The van der Waals surface area contributed by atoms with Crippen LogP contribution in [0.3, 0.4) is 0 Å². The van der Waals surface area contributed by atoms with Crippen molar-refractivity contribution in [1.82, 2.24) is 10.1 Å². The van der Waals surface area contributed by atoms with Gasteiger partial charge >= 0.3 is 11.3 Å².